The highest BCUT2D eigenvalue weighted by molar-refractivity contribution is 7.09. The van der Waals surface area contributed by atoms with Gasteiger partial charge in [-0.25, -0.2) is 4.98 Å². The summed E-state index contributed by atoms with van der Waals surface area (Å²) in [5.41, 5.74) is 0. The lowest BCUT2D eigenvalue weighted by Gasteiger charge is -2.09. The third-order valence-corrected chi connectivity index (χ3v) is 3.51. The smallest absolute Gasteiger partial charge is 0.202 e. The van der Waals surface area contributed by atoms with Crippen LogP contribution in [0.5, 0.6) is 0 Å². The predicted molar refractivity (Wildman–Crippen MR) is 64.8 cm³/mol. The van der Waals surface area contributed by atoms with Gasteiger partial charge in [-0.05, 0) is 26.3 Å². The van der Waals surface area contributed by atoms with E-state index in [9.17, 15) is 0 Å². The van der Waals surface area contributed by atoms with Crippen molar-refractivity contribution in [3.63, 3.8) is 0 Å². The van der Waals surface area contributed by atoms with Gasteiger partial charge in [-0.2, -0.15) is 4.37 Å². The largest absolute Gasteiger partial charge is 0.374 e. The van der Waals surface area contributed by atoms with Crippen molar-refractivity contribution in [2.45, 2.75) is 31.9 Å². The van der Waals surface area contributed by atoms with Crippen LogP contribution in [0.15, 0.2) is 0 Å². The lowest BCUT2D eigenvalue weighted by molar-refractivity contribution is 0.113. The molecule has 2 rings (SSSR count). The Bertz CT molecular complexity index is 324. The van der Waals surface area contributed by atoms with Crippen LogP contribution in [0.2, 0.25) is 0 Å². The summed E-state index contributed by atoms with van der Waals surface area (Å²) in [4.78, 5) is 4.39. The Hall–Kier alpha value is -0.720. The number of rotatable bonds is 5. The van der Waals surface area contributed by atoms with Crippen LogP contribution < -0.4 is 10.6 Å². The molecule has 1 fully saturated rings. The van der Waals surface area contributed by atoms with Crippen LogP contribution in [-0.4, -0.2) is 35.6 Å². The molecule has 2 heterocycles. The number of ether oxygens (including phenoxy) is 1. The zero-order valence-corrected chi connectivity index (χ0v) is 10.5. The van der Waals surface area contributed by atoms with Gasteiger partial charge in [0.15, 0.2) is 5.82 Å². The lowest BCUT2D eigenvalue weighted by Crippen LogP contribution is -2.29. The molecule has 5 nitrogen and oxygen atoms in total. The summed E-state index contributed by atoms with van der Waals surface area (Å²) in [7, 11) is 1.67. The molecular weight excluding hydrogens is 224 g/mol. The number of methoxy groups -OCH3 is 1. The highest BCUT2D eigenvalue weighted by atomic mass is 32.1. The molecule has 1 saturated heterocycles. The molecule has 0 aromatic carbocycles. The van der Waals surface area contributed by atoms with E-state index in [2.05, 4.69) is 20.0 Å². The molecule has 0 spiro atoms. The Labute approximate surface area is 99.8 Å². The number of hydrogen-bond donors (Lipinski definition) is 2. The molecule has 1 aromatic heterocycles. The Morgan fingerprint density at radius 3 is 3.25 bits per heavy atom. The van der Waals surface area contributed by atoms with Gasteiger partial charge in [0.2, 0.25) is 5.13 Å². The van der Waals surface area contributed by atoms with Gasteiger partial charge >= 0.3 is 0 Å². The van der Waals surface area contributed by atoms with Crippen LogP contribution >= 0.6 is 11.5 Å². The summed E-state index contributed by atoms with van der Waals surface area (Å²) in [6, 6.07) is 0.576. The summed E-state index contributed by atoms with van der Waals surface area (Å²) in [5.74, 6) is 0.759. The first-order valence-corrected chi connectivity index (χ1v) is 6.40. The first kappa shape index (κ1) is 11.8. The molecule has 1 aliphatic heterocycles. The second-order valence-corrected chi connectivity index (χ2v) is 4.76. The highest BCUT2D eigenvalue weighted by Crippen LogP contribution is 2.18. The molecule has 1 aliphatic rings. The number of nitrogens with one attached hydrogen (secondary N) is 2. The maximum atomic E-state index is 5.17. The lowest BCUT2D eigenvalue weighted by atomic mass is 10.2. The van der Waals surface area contributed by atoms with Crippen LogP contribution in [0.3, 0.4) is 0 Å². The van der Waals surface area contributed by atoms with Crippen molar-refractivity contribution in [3.8, 4) is 0 Å². The third-order valence-electron chi connectivity index (χ3n) is 2.82. The maximum Gasteiger partial charge on any atom is 0.202 e. The molecule has 0 bridgehead atoms. The van der Waals surface area contributed by atoms with E-state index >= 15 is 0 Å². The second-order valence-electron chi connectivity index (χ2n) is 4.01. The molecule has 0 saturated carbocycles. The average Bonchev–Trinajstić information content (AvgIpc) is 2.96. The molecule has 2 unspecified atom stereocenters. The zero-order valence-electron chi connectivity index (χ0n) is 9.69. The van der Waals surface area contributed by atoms with Gasteiger partial charge in [0.1, 0.15) is 6.10 Å². The Morgan fingerprint density at radius 2 is 2.56 bits per heavy atom. The van der Waals surface area contributed by atoms with Crippen LogP contribution in [-0.2, 0) is 4.74 Å². The van der Waals surface area contributed by atoms with Crippen LogP contribution in [0.1, 0.15) is 31.7 Å². The maximum absolute atomic E-state index is 5.17. The van der Waals surface area contributed by atoms with Crippen LogP contribution in [0.4, 0.5) is 5.13 Å². The van der Waals surface area contributed by atoms with E-state index in [4.69, 9.17) is 4.74 Å². The normalized spacial score (nSPS) is 22.2. The van der Waals surface area contributed by atoms with E-state index in [1.807, 2.05) is 6.92 Å². The molecular formula is C10H18N4OS. The molecule has 90 valence electrons. The fourth-order valence-electron chi connectivity index (χ4n) is 1.72. The predicted octanol–water partition coefficient (Wildman–Crippen LogP) is 1.41. The summed E-state index contributed by atoms with van der Waals surface area (Å²) < 4.78 is 9.42. The summed E-state index contributed by atoms with van der Waals surface area (Å²) in [6.07, 6.45) is 2.48. The van der Waals surface area contributed by atoms with E-state index in [1.165, 1.54) is 24.4 Å². The number of anilines is 1. The van der Waals surface area contributed by atoms with E-state index in [1.54, 1.807) is 7.11 Å². The third kappa shape index (κ3) is 2.90. The Kier molecular flexibility index (Phi) is 4.09. The minimum atomic E-state index is -0.0311. The van der Waals surface area contributed by atoms with E-state index < -0.39 is 0 Å². The topological polar surface area (TPSA) is 59.1 Å². The molecule has 2 atom stereocenters. The minimum Gasteiger partial charge on any atom is -0.374 e. The van der Waals surface area contributed by atoms with E-state index in [0.717, 1.165) is 24.0 Å². The van der Waals surface area contributed by atoms with Crippen molar-refractivity contribution < 1.29 is 4.74 Å². The van der Waals surface area contributed by atoms with Crippen molar-refractivity contribution in [1.82, 2.24) is 14.7 Å². The summed E-state index contributed by atoms with van der Waals surface area (Å²) in [6.45, 7) is 4.01. The molecule has 0 amide bonds. The Morgan fingerprint density at radius 1 is 1.69 bits per heavy atom. The van der Waals surface area contributed by atoms with Crippen molar-refractivity contribution in [2.75, 3.05) is 25.5 Å². The number of nitrogens with zero attached hydrogens (tertiary/aromatic N) is 2. The van der Waals surface area contributed by atoms with Gasteiger partial charge in [0.25, 0.3) is 0 Å². The molecule has 6 heteroatoms. The van der Waals surface area contributed by atoms with Gasteiger partial charge in [-0.1, -0.05) is 0 Å². The van der Waals surface area contributed by atoms with Crippen molar-refractivity contribution in [2.24, 2.45) is 0 Å². The fourth-order valence-corrected chi connectivity index (χ4v) is 2.37. The second kappa shape index (κ2) is 5.56. The molecule has 1 aromatic rings. The SMILES string of the molecule is COC(C)c1nsc(NCC2CCCN2)n1. The van der Waals surface area contributed by atoms with E-state index in [0.29, 0.717) is 6.04 Å². The van der Waals surface area contributed by atoms with Crippen molar-refractivity contribution in [3.05, 3.63) is 5.82 Å². The monoisotopic (exact) mass is 242 g/mol. The van der Waals surface area contributed by atoms with Gasteiger partial charge < -0.3 is 15.4 Å². The zero-order chi connectivity index (χ0) is 11.4. The molecule has 0 radical (unpaired) electrons. The van der Waals surface area contributed by atoms with E-state index in [-0.39, 0.29) is 6.10 Å². The molecule has 0 aliphatic carbocycles. The van der Waals surface area contributed by atoms with Gasteiger partial charge in [-0.15, -0.1) is 0 Å². The average molecular weight is 242 g/mol. The van der Waals surface area contributed by atoms with Crippen LogP contribution in [0, 0.1) is 0 Å². The standard InChI is InChI=1S/C10H18N4OS/c1-7(15-2)9-13-10(16-14-9)12-6-8-4-3-5-11-8/h7-8,11H,3-6H2,1-2H3,(H,12,13,14). The Balaban J connectivity index is 1.82. The van der Waals surface area contributed by atoms with Crippen molar-refractivity contribution in [1.29, 1.82) is 0 Å². The number of aromatic nitrogens is 2. The van der Waals surface area contributed by atoms with Gasteiger partial charge in [0, 0.05) is 31.2 Å². The summed E-state index contributed by atoms with van der Waals surface area (Å²) in [5, 5.41) is 7.63. The molecule has 2 N–H and O–H groups in total. The summed E-state index contributed by atoms with van der Waals surface area (Å²) >= 11 is 1.40. The first-order valence-electron chi connectivity index (χ1n) is 5.63. The number of hydrogen-bond acceptors (Lipinski definition) is 6. The van der Waals surface area contributed by atoms with Gasteiger partial charge in [-0.3, -0.25) is 0 Å². The molecule has 16 heavy (non-hydrogen) atoms. The quantitative estimate of drug-likeness (QED) is 0.817. The van der Waals surface area contributed by atoms with Gasteiger partial charge in [0.05, 0.1) is 0 Å². The highest BCUT2D eigenvalue weighted by Gasteiger charge is 2.15. The fraction of sp³-hybridized carbons (Fsp3) is 0.800. The minimum absolute atomic E-state index is 0.0311. The first-order chi connectivity index (χ1) is 7.79. The van der Waals surface area contributed by atoms with Crippen molar-refractivity contribution >= 4 is 16.7 Å². The van der Waals surface area contributed by atoms with Crippen LogP contribution in [0.25, 0.3) is 0 Å².